The highest BCUT2D eigenvalue weighted by Gasteiger charge is 2.22. The number of pyridine rings is 1. The summed E-state index contributed by atoms with van der Waals surface area (Å²) in [6.07, 6.45) is 2.32. The molecule has 0 aliphatic carbocycles. The fourth-order valence-corrected chi connectivity index (χ4v) is 2.52. The number of carboxylic acid groups (broad SMARTS) is 1. The maximum absolute atomic E-state index is 12.8. The SMILES string of the molecule is CCCN(CCC(=O)O)C(=O)c1c(C)nc2ccc(Cl)cn12. The third-order valence-electron chi connectivity index (χ3n) is 3.34. The molecule has 6 nitrogen and oxygen atoms in total. The number of hydrogen-bond donors (Lipinski definition) is 1. The Balaban J connectivity index is 2.39. The van der Waals surface area contributed by atoms with Gasteiger partial charge in [-0.05, 0) is 25.5 Å². The van der Waals surface area contributed by atoms with Crippen LogP contribution in [0.2, 0.25) is 5.02 Å². The molecule has 2 aromatic heterocycles. The van der Waals surface area contributed by atoms with Crippen LogP contribution in [0.15, 0.2) is 18.3 Å². The van der Waals surface area contributed by atoms with Gasteiger partial charge in [-0.15, -0.1) is 0 Å². The number of halogens is 1. The first-order valence-corrected chi connectivity index (χ1v) is 7.47. The number of nitrogens with zero attached hydrogens (tertiary/aromatic N) is 3. The predicted molar refractivity (Wildman–Crippen MR) is 83.4 cm³/mol. The monoisotopic (exact) mass is 323 g/mol. The average Bonchev–Trinajstić information content (AvgIpc) is 2.77. The second-order valence-corrected chi connectivity index (χ2v) is 5.49. The van der Waals surface area contributed by atoms with E-state index in [2.05, 4.69) is 4.98 Å². The molecule has 0 unspecified atom stereocenters. The fourth-order valence-electron chi connectivity index (χ4n) is 2.36. The number of fused-ring (bicyclic) bond motifs is 1. The van der Waals surface area contributed by atoms with Crippen LogP contribution in [0.25, 0.3) is 5.65 Å². The van der Waals surface area contributed by atoms with Crippen LogP contribution in [0, 0.1) is 6.92 Å². The summed E-state index contributed by atoms with van der Waals surface area (Å²) in [5.74, 6) is -1.15. The molecule has 0 aromatic carbocycles. The first kappa shape index (κ1) is 16.3. The first-order chi connectivity index (χ1) is 10.4. The van der Waals surface area contributed by atoms with Crippen molar-refractivity contribution in [1.82, 2.24) is 14.3 Å². The normalized spacial score (nSPS) is 10.9. The van der Waals surface area contributed by atoms with Gasteiger partial charge >= 0.3 is 5.97 Å². The van der Waals surface area contributed by atoms with Crippen LogP contribution in [-0.4, -0.2) is 44.4 Å². The third-order valence-corrected chi connectivity index (χ3v) is 3.56. The van der Waals surface area contributed by atoms with Crippen LogP contribution in [0.1, 0.15) is 35.9 Å². The summed E-state index contributed by atoms with van der Waals surface area (Å²) < 4.78 is 1.66. The van der Waals surface area contributed by atoms with Crippen LogP contribution in [-0.2, 0) is 4.79 Å². The lowest BCUT2D eigenvalue weighted by Crippen LogP contribution is -2.34. The zero-order chi connectivity index (χ0) is 16.3. The first-order valence-electron chi connectivity index (χ1n) is 7.09. The van der Waals surface area contributed by atoms with E-state index in [1.54, 1.807) is 34.6 Å². The van der Waals surface area contributed by atoms with Gasteiger partial charge in [0.2, 0.25) is 0 Å². The van der Waals surface area contributed by atoms with Crippen molar-refractivity contribution >= 4 is 29.1 Å². The second kappa shape index (κ2) is 6.79. The molecule has 2 rings (SSSR count). The third kappa shape index (κ3) is 3.39. The van der Waals surface area contributed by atoms with Gasteiger partial charge in [0.15, 0.2) is 0 Å². The topological polar surface area (TPSA) is 74.9 Å². The lowest BCUT2D eigenvalue weighted by atomic mass is 10.2. The molecule has 0 saturated heterocycles. The molecule has 1 amide bonds. The summed E-state index contributed by atoms with van der Waals surface area (Å²) in [5, 5.41) is 9.34. The maximum Gasteiger partial charge on any atom is 0.305 e. The van der Waals surface area contributed by atoms with Gasteiger partial charge in [0.05, 0.1) is 17.1 Å². The van der Waals surface area contributed by atoms with Crippen molar-refractivity contribution in [3.63, 3.8) is 0 Å². The Hall–Kier alpha value is -2.08. The fraction of sp³-hybridized carbons (Fsp3) is 0.400. The number of carbonyl (C=O) groups is 2. The molecule has 22 heavy (non-hydrogen) atoms. The molecule has 0 aliphatic heterocycles. The molecule has 0 atom stereocenters. The Morgan fingerprint density at radius 3 is 2.73 bits per heavy atom. The van der Waals surface area contributed by atoms with Crippen molar-refractivity contribution in [2.75, 3.05) is 13.1 Å². The van der Waals surface area contributed by atoms with Gasteiger partial charge in [-0.25, -0.2) is 4.98 Å². The molecule has 0 fully saturated rings. The molecule has 7 heteroatoms. The highest BCUT2D eigenvalue weighted by Crippen LogP contribution is 2.18. The lowest BCUT2D eigenvalue weighted by Gasteiger charge is -2.21. The summed E-state index contributed by atoms with van der Waals surface area (Å²) in [6.45, 7) is 4.38. The van der Waals surface area contributed by atoms with Crippen LogP contribution in [0.4, 0.5) is 0 Å². The van der Waals surface area contributed by atoms with E-state index in [1.165, 1.54) is 0 Å². The van der Waals surface area contributed by atoms with Crippen LogP contribution in [0.5, 0.6) is 0 Å². The van der Waals surface area contributed by atoms with E-state index >= 15 is 0 Å². The van der Waals surface area contributed by atoms with Gasteiger partial charge in [-0.3, -0.25) is 14.0 Å². The van der Waals surface area contributed by atoms with Gasteiger partial charge in [0, 0.05) is 19.3 Å². The van der Waals surface area contributed by atoms with Crippen LogP contribution >= 0.6 is 11.6 Å². The summed E-state index contributed by atoms with van der Waals surface area (Å²) >= 11 is 6.00. The minimum atomic E-state index is -0.924. The van der Waals surface area contributed by atoms with Crippen molar-refractivity contribution < 1.29 is 14.7 Å². The standard InChI is InChI=1S/C15H18ClN3O3/c1-3-7-18(8-6-13(20)21)15(22)14-10(2)17-12-5-4-11(16)9-19(12)14/h4-5,9H,3,6-8H2,1-2H3,(H,20,21). The molecular formula is C15H18ClN3O3. The van der Waals surface area contributed by atoms with E-state index in [0.29, 0.717) is 28.6 Å². The van der Waals surface area contributed by atoms with Crippen molar-refractivity contribution in [3.8, 4) is 0 Å². The molecule has 0 spiro atoms. The smallest absolute Gasteiger partial charge is 0.305 e. The molecular weight excluding hydrogens is 306 g/mol. The number of carboxylic acids is 1. The highest BCUT2D eigenvalue weighted by atomic mass is 35.5. The zero-order valence-corrected chi connectivity index (χ0v) is 13.3. The average molecular weight is 324 g/mol. The molecule has 118 valence electrons. The summed E-state index contributed by atoms with van der Waals surface area (Å²) in [7, 11) is 0. The zero-order valence-electron chi connectivity index (χ0n) is 12.5. The quantitative estimate of drug-likeness (QED) is 0.886. The van der Waals surface area contributed by atoms with E-state index < -0.39 is 5.97 Å². The van der Waals surface area contributed by atoms with Gasteiger partial charge in [0.25, 0.3) is 5.91 Å². The number of hydrogen-bond acceptors (Lipinski definition) is 3. The number of aliphatic carboxylic acids is 1. The van der Waals surface area contributed by atoms with Crippen molar-refractivity contribution in [2.24, 2.45) is 0 Å². The van der Waals surface area contributed by atoms with Crippen molar-refractivity contribution in [1.29, 1.82) is 0 Å². The molecule has 0 aliphatic rings. The van der Waals surface area contributed by atoms with Gasteiger partial charge in [-0.2, -0.15) is 0 Å². The van der Waals surface area contributed by atoms with Crippen LogP contribution in [0.3, 0.4) is 0 Å². The number of carbonyl (C=O) groups excluding carboxylic acids is 1. The second-order valence-electron chi connectivity index (χ2n) is 5.06. The van der Waals surface area contributed by atoms with Gasteiger partial charge < -0.3 is 10.0 Å². The Kier molecular flexibility index (Phi) is 5.03. The van der Waals surface area contributed by atoms with E-state index in [9.17, 15) is 9.59 Å². The molecule has 0 bridgehead atoms. The van der Waals surface area contributed by atoms with Gasteiger partial charge in [-0.1, -0.05) is 18.5 Å². The Morgan fingerprint density at radius 2 is 2.09 bits per heavy atom. The number of amides is 1. The maximum atomic E-state index is 12.8. The van der Waals surface area contributed by atoms with E-state index in [0.717, 1.165) is 6.42 Å². The van der Waals surface area contributed by atoms with E-state index in [4.69, 9.17) is 16.7 Å². The lowest BCUT2D eigenvalue weighted by molar-refractivity contribution is -0.137. The Morgan fingerprint density at radius 1 is 1.36 bits per heavy atom. The predicted octanol–water partition coefficient (Wildman–Crippen LogP) is 2.62. The Labute approximate surface area is 133 Å². The molecule has 2 aromatic rings. The highest BCUT2D eigenvalue weighted by molar-refractivity contribution is 6.30. The van der Waals surface area contributed by atoms with E-state index in [-0.39, 0.29) is 18.9 Å². The van der Waals surface area contributed by atoms with E-state index in [1.807, 2.05) is 6.92 Å². The number of aromatic nitrogens is 2. The minimum Gasteiger partial charge on any atom is -0.481 e. The Bertz CT molecular complexity index is 711. The van der Waals surface area contributed by atoms with Crippen molar-refractivity contribution in [2.45, 2.75) is 26.7 Å². The minimum absolute atomic E-state index is 0.0811. The van der Waals surface area contributed by atoms with Crippen molar-refractivity contribution in [3.05, 3.63) is 34.7 Å². The summed E-state index contributed by atoms with van der Waals surface area (Å²) in [6, 6.07) is 3.46. The summed E-state index contributed by atoms with van der Waals surface area (Å²) in [5.41, 5.74) is 1.67. The molecule has 2 heterocycles. The molecule has 1 N–H and O–H groups in total. The number of rotatable bonds is 6. The largest absolute Gasteiger partial charge is 0.481 e. The van der Waals surface area contributed by atoms with Crippen LogP contribution < -0.4 is 0 Å². The van der Waals surface area contributed by atoms with Gasteiger partial charge in [0.1, 0.15) is 11.3 Å². The molecule has 0 radical (unpaired) electrons. The summed E-state index contributed by atoms with van der Waals surface area (Å²) in [4.78, 5) is 29.5. The molecule has 0 saturated carbocycles. The number of imidazole rings is 1. The number of aryl methyl sites for hydroxylation is 1.